The van der Waals surface area contributed by atoms with Crippen LogP contribution in [0.2, 0.25) is 0 Å². The molecule has 0 aliphatic carbocycles. The summed E-state index contributed by atoms with van der Waals surface area (Å²) in [6.07, 6.45) is 2.74. The third kappa shape index (κ3) is 3.39. The molecule has 1 aliphatic heterocycles. The molecule has 0 saturated carbocycles. The minimum absolute atomic E-state index is 0.550. The van der Waals surface area contributed by atoms with Gasteiger partial charge in [-0.1, -0.05) is 30.3 Å². The van der Waals surface area contributed by atoms with Crippen molar-refractivity contribution in [3.05, 3.63) is 48.0 Å². The summed E-state index contributed by atoms with van der Waals surface area (Å²) in [7, 11) is 0. The van der Waals surface area contributed by atoms with Crippen LogP contribution >= 0.6 is 0 Å². The summed E-state index contributed by atoms with van der Waals surface area (Å²) in [6.45, 7) is 4.07. The minimum atomic E-state index is 0.550. The number of benzene rings is 1. The van der Waals surface area contributed by atoms with Gasteiger partial charge < -0.3 is 5.32 Å². The number of rotatable bonds is 5. The van der Waals surface area contributed by atoms with E-state index in [1.807, 2.05) is 0 Å². The number of hydrogen-bond donors (Lipinski definition) is 2. The first-order chi connectivity index (χ1) is 9.40. The van der Waals surface area contributed by atoms with Crippen LogP contribution in [-0.2, 0) is 13.1 Å². The van der Waals surface area contributed by atoms with E-state index < -0.39 is 0 Å². The van der Waals surface area contributed by atoms with Crippen LogP contribution < -0.4 is 5.32 Å². The number of aromatic nitrogens is 3. The number of nitrogens with one attached hydrogen (secondary N) is 2. The molecule has 1 aliphatic rings. The molecular formula is C14H19N5. The van der Waals surface area contributed by atoms with Crippen LogP contribution in [0.5, 0.6) is 0 Å². The highest BCUT2D eigenvalue weighted by atomic mass is 15.2. The molecule has 2 heterocycles. The van der Waals surface area contributed by atoms with E-state index >= 15 is 0 Å². The molecule has 0 spiro atoms. The van der Waals surface area contributed by atoms with Crippen molar-refractivity contribution >= 4 is 0 Å². The molecule has 5 heteroatoms. The minimum Gasteiger partial charge on any atom is -0.306 e. The first kappa shape index (κ1) is 12.3. The van der Waals surface area contributed by atoms with Crippen molar-refractivity contribution in [3.63, 3.8) is 0 Å². The molecule has 5 nitrogen and oxygen atoms in total. The zero-order chi connectivity index (χ0) is 12.9. The van der Waals surface area contributed by atoms with E-state index in [0.717, 1.165) is 32.0 Å². The van der Waals surface area contributed by atoms with Gasteiger partial charge in [0.25, 0.3) is 0 Å². The molecule has 3 rings (SSSR count). The fourth-order valence-electron chi connectivity index (χ4n) is 2.54. The largest absolute Gasteiger partial charge is 0.306 e. The van der Waals surface area contributed by atoms with E-state index in [-0.39, 0.29) is 0 Å². The Kier molecular flexibility index (Phi) is 3.86. The Morgan fingerprint density at radius 2 is 2.21 bits per heavy atom. The third-order valence-corrected chi connectivity index (χ3v) is 3.54. The number of aromatic amines is 1. The average molecular weight is 257 g/mol. The fourth-order valence-corrected chi connectivity index (χ4v) is 2.54. The molecule has 2 N–H and O–H groups in total. The SMILES string of the molecule is c1ccc(CN2CCC(NCc3ncn[nH]3)C2)cc1. The predicted octanol–water partition coefficient (Wildman–Crippen LogP) is 1.17. The summed E-state index contributed by atoms with van der Waals surface area (Å²) in [5.41, 5.74) is 1.39. The zero-order valence-corrected chi connectivity index (χ0v) is 10.9. The molecule has 19 heavy (non-hydrogen) atoms. The van der Waals surface area contributed by atoms with Gasteiger partial charge in [0.05, 0.1) is 6.54 Å². The van der Waals surface area contributed by atoms with E-state index in [2.05, 4.69) is 55.7 Å². The third-order valence-electron chi connectivity index (χ3n) is 3.54. The average Bonchev–Trinajstić information content (AvgIpc) is 3.09. The van der Waals surface area contributed by atoms with E-state index in [1.54, 1.807) is 6.33 Å². The van der Waals surface area contributed by atoms with Gasteiger partial charge in [-0.3, -0.25) is 10.00 Å². The highest BCUT2D eigenvalue weighted by Crippen LogP contribution is 2.13. The van der Waals surface area contributed by atoms with E-state index in [1.165, 1.54) is 12.0 Å². The van der Waals surface area contributed by atoms with Gasteiger partial charge in [0.2, 0.25) is 0 Å². The van der Waals surface area contributed by atoms with Crippen molar-refractivity contribution < 1.29 is 0 Å². The van der Waals surface area contributed by atoms with Crippen molar-refractivity contribution in [1.29, 1.82) is 0 Å². The molecule has 1 atom stereocenters. The van der Waals surface area contributed by atoms with Crippen molar-refractivity contribution in [2.45, 2.75) is 25.6 Å². The Bertz CT molecular complexity index is 482. The Morgan fingerprint density at radius 1 is 1.32 bits per heavy atom. The van der Waals surface area contributed by atoms with Crippen molar-refractivity contribution in [2.75, 3.05) is 13.1 Å². The molecule has 1 saturated heterocycles. The van der Waals surface area contributed by atoms with Crippen LogP contribution in [0.25, 0.3) is 0 Å². The second kappa shape index (κ2) is 5.95. The van der Waals surface area contributed by atoms with Crippen molar-refractivity contribution in [3.8, 4) is 0 Å². The lowest BCUT2D eigenvalue weighted by Crippen LogP contribution is -2.32. The van der Waals surface area contributed by atoms with Gasteiger partial charge in [0, 0.05) is 25.7 Å². The molecule has 100 valence electrons. The second-order valence-corrected chi connectivity index (χ2v) is 5.02. The zero-order valence-electron chi connectivity index (χ0n) is 10.9. The summed E-state index contributed by atoms with van der Waals surface area (Å²) < 4.78 is 0. The molecule has 0 radical (unpaired) electrons. The van der Waals surface area contributed by atoms with Crippen molar-refractivity contribution in [1.82, 2.24) is 25.4 Å². The number of likely N-dealkylation sites (tertiary alicyclic amines) is 1. The smallest absolute Gasteiger partial charge is 0.138 e. The van der Waals surface area contributed by atoms with Gasteiger partial charge >= 0.3 is 0 Å². The predicted molar refractivity (Wildman–Crippen MR) is 73.3 cm³/mol. The number of nitrogens with zero attached hydrogens (tertiary/aromatic N) is 3. The maximum Gasteiger partial charge on any atom is 0.138 e. The highest BCUT2D eigenvalue weighted by molar-refractivity contribution is 5.14. The standard InChI is InChI=1S/C14H19N5/c1-2-4-12(5-3-1)9-19-7-6-13(10-19)15-8-14-16-11-17-18-14/h1-5,11,13,15H,6-10H2,(H,16,17,18). The molecule has 1 fully saturated rings. The first-order valence-electron chi connectivity index (χ1n) is 6.74. The Morgan fingerprint density at radius 3 is 3.00 bits per heavy atom. The highest BCUT2D eigenvalue weighted by Gasteiger charge is 2.21. The maximum atomic E-state index is 4.12. The van der Waals surface area contributed by atoms with Crippen molar-refractivity contribution in [2.24, 2.45) is 0 Å². The lowest BCUT2D eigenvalue weighted by molar-refractivity contribution is 0.319. The van der Waals surface area contributed by atoms with Gasteiger partial charge in [-0.2, -0.15) is 5.10 Å². The van der Waals surface area contributed by atoms with Crippen LogP contribution in [0, 0.1) is 0 Å². The van der Waals surface area contributed by atoms with Gasteiger partial charge in [0.1, 0.15) is 12.2 Å². The van der Waals surface area contributed by atoms with Crippen LogP contribution in [-0.4, -0.2) is 39.2 Å². The maximum absolute atomic E-state index is 4.12. The van der Waals surface area contributed by atoms with Gasteiger partial charge in [-0.05, 0) is 12.0 Å². The van der Waals surface area contributed by atoms with Crippen LogP contribution in [0.3, 0.4) is 0 Å². The monoisotopic (exact) mass is 257 g/mol. The topological polar surface area (TPSA) is 56.8 Å². The van der Waals surface area contributed by atoms with E-state index in [4.69, 9.17) is 0 Å². The van der Waals surface area contributed by atoms with E-state index in [9.17, 15) is 0 Å². The molecule has 0 bridgehead atoms. The molecule has 0 amide bonds. The quantitative estimate of drug-likeness (QED) is 0.844. The molecule has 1 aromatic heterocycles. The first-order valence-corrected chi connectivity index (χ1v) is 6.74. The normalized spacial score (nSPS) is 19.9. The molecule has 1 aromatic carbocycles. The summed E-state index contributed by atoms with van der Waals surface area (Å²) in [5.74, 6) is 0.904. The van der Waals surface area contributed by atoms with Crippen LogP contribution in [0.4, 0.5) is 0 Å². The summed E-state index contributed by atoms with van der Waals surface area (Å²) in [4.78, 5) is 6.61. The van der Waals surface area contributed by atoms with E-state index in [0.29, 0.717) is 6.04 Å². The van der Waals surface area contributed by atoms with Crippen LogP contribution in [0.15, 0.2) is 36.7 Å². The number of hydrogen-bond acceptors (Lipinski definition) is 4. The molecule has 1 unspecified atom stereocenters. The Labute approximate surface area is 113 Å². The summed E-state index contributed by atoms with van der Waals surface area (Å²) >= 11 is 0. The van der Waals surface area contributed by atoms with Gasteiger partial charge in [0.15, 0.2) is 0 Å². The lowest BCUT2D eigenvalue weighted by Gasteiger charge is -2.16. The Hall–Kier alpha value is -1.72. The van der Waals surface area contributed by atoms with Gasteiger partial charge in [-0.15, -0.1) is 0 Å². The lowest BCUT2D eigenvalue weighted by atomic mass is 10.2. The number of H-pyrrole nitrogens is 1. The Balaban J connectivity index is 1.45. The summed E-state index contributed by atoms with van der Waals surface area (Å²) in [5, 5.41) is 10.3. The second-order valence-electron chi connectivity index (χ2n) is 5.02. The van der Waals surface area contributed by atoms with Gasteiger partial charge in [-0.25, -0.2) is 4.98 Å². The summed E-state index contributed by atoms with van der Waals surface area (Å²) in [6, 6.07) is 11.2. The fraction of sp³-hybridized carbons (Fsp3) is 0.429. The van der Waals surface area contributed by atoms with Crippen LogP contribution in [0.1, 0.15) is 17.8 Å². The molecular weight excluding hydrogens is 238 g/mol. The molecule has 2 aromatic rings.